The molecule has 1 N–H and O–H groups in total. The molecule has 0 fully saturated rings. The quantitative estimate of drug-likeness (QED) is 0.882. The van der Waals surface area contributed by atoms with Gasteiger partial charge < -0.3 is 10.1 Å². The molecule has 1 rings (SSSR count). The van der Waals surface area contributed by atoms with Crippen LogP contribution in [0.3, 0.4) is 0 Å². The molecule has 88 valence electrons. The predicted molar refractivity (Wildman–Crippen MR) is 64.8 cm³/mol. The first-order valence-electron chi connectivity index (χ1n) is 5.14. The van der Waals surface area contributed by atoms with Crippen molar-refractivity contribution in [3.63, 3.8) is 0 Å². The van der Waals surface area contributed by atoms with E-state index in [2.05, 4.69) is 23.9 Å². The first kappa shape index (κ1) is 12.8. The van der Waals surface area contributed by atoms with Gasteiger partial charge in [-0.15, -0.1) is 0 Å². The summed E-state index contributed by atoms with van der Waals surface area (Å²) in [7, 11) is 1.33. The van der Waals surface area contributed by atoms with Crippen LogP contribution >= 0.6 is 11.6 Å². The van der Waals surface area contributed by atoms with Gasteiger partial charge in [0, 0.05) is 11.6 Å². The van der Waals surface area contributed by atoms with Gasteiger partial charge in [0.25, 0.3) is 0 Å². The van der Waals surface area contributed by atoms with Gasteiger partial charge in [0.05, 0.1) is 7.11 Å². The second kappa shape index (κ2) is 5.75. The molecule has 16 heavy (non-hydrogen) atoms. The van der Waals surface area contributed by atoms with Crippen molar-refractivity contribution in [2.45, 2.75) is 26.3 Å². The van der Waals surface area contributed by atoms with E-state index in [4.69, 9.17) is 11.6 Å². The number of halogens is 1. The monoisotopic (exact) mass is 241 g/mol. The van der Waals surface area contributed by atoms with Gasteiger partial charge in [-0.3, -0.25) is 0 Å². The van der Waals surface area contributed by atoms with Gasteiger partial charge in [-0.25, -0.2) is 4.79 Å². The molecule has 1 aromatic rings. The summed E-state index contributed by atoms with van der Waals surface area (Å²) in [5.41, 5.74) is 2.07. The van der Waals surface area contributed by atoms with Crippen molar-refractivity contribution in [3.8, 4) is 0 Å². The van der Waals surface area contributed by atoms with Crippen LogP contribution in [-0.4, -0.2) is 13.2 Å². The molecule has 3 nitrogen and oxygen atoms in total. The normalized spacial score (nSPS) is 10.3. The maximum Gasteiger partial charge on any atom is 0.407 e. The fourth-order valence-electron chi connectivity index (χ4n) is 1.31. The van der Waals surface area contributed by atoms with Crippen LogP contribution in [0.1, 0.15) is 30.9 Å². The predicted octanol–water partition coefficient (Wildman–Crippen LogP) is 3.32. The number of carbonyl (C=O) groups is 1. The minimum absolute atomic E-state index is 0.379. The van der Waals surface area contributed by atoms with Crippen molar-refractivity contribution in [1.82, 2.24) is 5.32 Å². The number of nitrogens with one attached hydrogen (secondary N) is 1. The Morgan fingerprint density at radius 3 is 2.69 bits per heavy atom. The molecule has 0 radical (unpaired) electrons. The lowest BCUT2D eigenvalue weighted by atomic mass is 10.0. The first-order chi connectivity index (χ1) is 7.54. The molecule has 1 amide bonds. The standard InChI is InChI=1S/C12H16ClNO2/c1-8(2)9-4-5-10(11(13)6-9)7-14-12(15)16-3/h4-6,8H,7H2,1-3H3,(H,14,15). The van der Waals surface area contributed by atoms with Crippen molar-refractivity contribution < 1.29 is 9.53 Å². The maximum absolute atomic E-state index is 10.9. The summed E-state index contributed by atoms with van der Waals surface area (Å²) in [5.74, 6) is 0.445. The zero-order chi connectivity index (χ0) is 12.1. The largest absolute Gasteiger partial charge is 0.453 e. The van der Waals surface area contributed by atoms with Crippen molar-refractivity contribution in [3.05, 3.63) is 34.3 Å². The number of ether oxygens (including phenoxy) is 1. The molecule has 0 aromatic heterocycles. The van der Waals surface area contributed by atoms with Crippen LogP contribution in [0.25, 0.3) is 0 Å². The molecule has 0 aliphatic rings. The summed E-state index contributed by atoms with van der Waals surface area (Å²) in [4.78, 5) is 10.9. The Morgan fingerprint density at radius 1 is 1.50 bits per heavy atom. The number of benzene rings is 1. The van der Waals surface area contributed by atoms with E-state index < -0.39 is 6.09 Å². The lowest BCUT2D eigenvalue weighted by Crippen LogP contribution is -2.22. The molecule has 0 spiro atoms. The molecule has 0 saturated carbocycles. The Hall–Kier alpha value is -1.22. The van der Waals surface area contributed by atoms with E-state index in [-0.39, 0.29) is 0 Å². The van der Waals surface area contributed by atoms with E-state index >= 15 is 0 Å². The third-order valence-corrected chi connectivity index (χ3v) is 2.70. The van der Waals surface area contributed by atoms with Crippen LogP contribution in [0.4, 0.5) is 4.79 Å². The minimum atomic E-state index is -0.455. The molecule has 0 saturated heterocycles. The van der Waals surface area contributed by atoms with E-state index in [1.807, 2.05) is 18.2 Å². The molecular formula is C12H16ClNO2. The molecule has 4 heteroatoms. The van der Waals surface area contributed by atoms with Crippen LogP contribution in [0.5, 0.6) is 0 Å². The van der Waals surface area contributed by atoms with Crippen LogP contribution in [0, 0.1) is 0 Å². The zero-order valence-electron chi connectivity index (χ0n) is 9.71. The maximum atomic E-state index is 10.9. The molecule has 0 aliphatic carbocycles. The number of carbonyl (C=O) groups excluding carboxylic acids is 1. The molecule has 0 unspecified atom stereocenters. The van der Waals surface area contributed by atoms with Gasteiger partial charge in [0.15, 0.2) is 0 Å². The fraction of sp³-hybridized carbons (Fsp3) is 0.417. The lowest BCUT2D eigenvalue weighted by molar-refractivity contribution is 0.170. The van der Waals surface area contributed by atoms with Gasteiger partial charge in [0.1, 0.15) is 0 Å². The van der Waals surface area contributed by atoms with Gasteiger partial charge in [-0.1, -0.05) is 37.6 Å². The molecular weight excluding hydrogens is 226 g/mol. The number of methoxy groups -OCH3 is 1. The minimum Gasteiger partial charge on any atom is -0.453 e. The van der Waals surface area contributed by atoms with E-state index in [0.29, 0.717) is 17.5 Å². The molecule has 0 heterocycles. The highest BCUT2D eigenvalue weighted by Crippen LogP contribution is 2.22. The highest BCUT2D eigenvalue weighted by atomic mass is 35.5. The smallest absolute Gasteiger partial charge is 0.407 e. The Kier molecular flexibility index (Phi) is 4.62. The number of rotatable bonds is 3. The third kappa shape index (κ3) is 3.42. The Labute approximate surface area is 101 Å². The highest BCUT2D eigenvalue weighted by molar-refractivity contribution is 6.31. The Morgan fingerprint density at radius 2 is 2.19 bits per heavy atom. The van der Waals surface area contributed by atoms with E-state index in [1.165, 1.54) is 12.7 Å². The van der Waals surface area contributed by atoms with E-state index in [1.54, 1.807) is 0 Å². The topological polar surface area (TPSA) is 38.3 Å². The van der Waals surface area contributed by atoms with Crippen molar-refractivity contribution in [1.29, 1.82) is 0 Å². The SMILES string of the molecule is COC(=O)NCc1ccc(C(C)C)cc1Cl. The van der Waals surface area contributed by atoms with Crippen LogP contribution in [0.2, 0.25) is 5.02 Å². The number of hydrogen-bond donors (Lipinski definition) is 1. The van der Waals surface area contributed by atoms with Crippen LogP contribution < -0.4 is 5.32 Å². The summed E-state index contributed by atoms with van der Waals surface area (Å²) >= 11 is 6.11. The summed E-state index contributed by atoms with van der Waals surface area (Å²) in [6, 6.07) is 5.87. The average Bonchev–Trinajstić information content (AvgIpc) is 2.26. The fourth-order valence-corrected chi connectivity index (χ4v) is 1.56. The average molecular weight is 242 g/mol. The van der Waals surface area contributed by atoms with Crippen molar-refractivity contribution >= 4 is 17.7 Å². The van der Waals surface area contributed by atoms with Crippen molar-refractivity contribution in [2.75, 3.05) is 7.11 Å². The number of alkyl carbamates (subject to hydrolysis) is 1. The number of hydrogen-bond acceptors (Lipinski definition) is 2. The molecule has 0 bridgehead atoms. The third-order valence-electron chi connectivity index (χ3n) is 2.35. The summed E-state index contributed by atoms with van der Waals surface area (Å²) in [6.45, 7) is 4.60. The summed E-state index contributed by atoms with van der Waals surface area (Å²) in [6.07, 6.45) is -0.455. The summed E-state index contributed by atoms with van der Waals surface area (Å²) < 4.78 is 4.48. The molecule has 1 aromatic carbocycles. The Balaban J connectivity index is 2.72. The van der Waals surface area contributed by atoms with Gasteiger partial charge >= 0.3 is 6.09 Å². The molecule has 0 atom stereocenters. The van der Waals surface area contributed by atoms with Gasteiger partial charge in [0.2, 0.25) is 0 Å². The van der Waals surface area contributed by atoms with Crippen molar-refractivity contribution in [2.24, 2.45) is 0 Å². The van der Waals surface area contributed by atoms with Crippen LogP contribution in [0.15, 0.2) is 18.2 Å². The highest BCUT2D eigenvalue weighted by Gasteiger charge is 2.06. The second-order valence-corrected chi connectivity index (χ2v) is 4.26. The lowest BCUT2D eigenvalue weighted by Gasteiger charge is -2.10. The zero-order valence-corrected chi connectivity index (χ0v) is 10.5. The summed E-state index contributed by atoms with van der Waals surface area (Å²) in [5, 5.41) is 3.26. The van der Waals surface area contributed by atoms with Gasteiger partial charge in [-0.2, -0.15) is 0 Å². The Bertz CT molecular complexity index is 377. The van der Waals surface area contributed by atoms with Crippen LogP contribution in [-0.2, 0) is 11.3 Å². The first-order valence-corrected chi connectivity index (χ1v) is 5.52. The van der Waals surface area contributed by atoms with Gasteiger partial charge in [-0.05, 0) is 23.1 Å². The number of amides is 1. The molecule has 0 aliphatic heterocycles. The van der Waals surface area contributed by atoms with E-state index in [0.717, 1.165) is 5.56 Å². The second-order valence-electron chi connectivity index (χ2n) is 3.85. The van der Waals surface area contributed by atoms with E-state index in [9.17, 15) is 4.79 Å².